The van der Waals surface area contributed by atoms with Crippen molar-refractivity contribution in [2.75, 3.05) is 19.4 Å². The average Bonchev–Trinajstić information content (AvgIpc) is 2.34. The number of hydrogen-bond acceptors (Lipinski definition) is 4. The average molecular weight is 265 g/mol. The summed E-state index contributed by atoms with van der Waals surface area (Å²) in [5.74, 6) is -0.240. The maximum Gasteiger partial charge on any atom is 0.255 e. The van der Waals surface area contributed by atoms with E-state index in [0.717, 1.165) is 0 Å². The van der Waals surface area contributed by atoms with Gasteiger partial charge in [0.15, 0.2) is 0 Å². The Balaban J connectivity index is 2.66. The van der Waals surface area contributed by atoms with Crippen molar-refractivity contribution >= 4 is 17.5 Å². The number of hydrogen-bond donors (Lipinski definition) is 3. The van der Waals surface area contributed by atoms with E-state index in [4.69, 9.17) is 10.5 Å². The van der Waals surface area contributed by atoms with Gasteiger partial charge in [-0.3, -0.25) is 9.59 Å². The summed E-state index contributed by atoms with van der Waals surface area (Å²) in [6.45, 7) is 3.62. The van der Waals surface area contributed by atoms with Crippen LogP contribution in [0.15, 0.2) is 18.2 Å². The summed E-state index contributed by atoms with van der Waals surface area (Å²) in [5, 5.41) is 5.21. The first-order valence-corrected chi connectivity index (χ1v) is 5.95. The lowest BCUT2D eigenvalue weighted by atomic mass is 10.1. The van der Waals surface area contributed by atoms with Crippen molar-refractivity contribution in [3.63, 3.8) is 0 Å². The fourth-order valence-electron chi connectivity index (χ4n) is 1.52. The standard InChI is InChI=1S/C13H19N3O3/c1-8(2)16-12(17)7-15-13(18)10-5-4-9(14)6-11(10)19-3/h4-6,8H,7,14H2,1-3H3,(H,15,18)(H,16,17). The smallest absolute Gasteiger partial charge is 0.255 e. The van der Waals surface area contributed by atoms with Crippen LogP contribution in [0.1, 0.15) is 24.2 Å². The molecule has 1 rings (SSSR count). The van der Waals surface area contributed by atoms with Crippen LogP contribution in [-0.4, -0.2) is 31.5 Å². The van der Waals surface area contributed by atoms with E-state index in [1.165, 1.54) is 7.11 Å². The summed E-state index contributed by atoms with van der Waals surface area (Å²) in [5.41, 5.74) is 6.45. The van der Waals surface area contributed by atoms with Gasteiger partial charge in [0.25, 0.3) is 5.91 Å². The predicted octanol–water partition coefficient (Wildman–Crippen LogP) is 0.532. The Morgan fingerprint density at radius 3 is 2.63 bits per heavy atom. The molecule has 0 aromatic heterocycles. The van der Waals surface area contributed by atoms with Crippen LogP contribution in [0, 0.1) is 0 Å². The molecule has 0 aliphatic carbocycles. The quantitative estimate of drug-likeness (QED) is 0.677. The van der Waals surface area contributed by atoms with Gasteiger partial charge in [-0.15, -0.1) is 0 Å². The Labute approximate surface area is 112 Å². The molecule has 0 bridgehead atoms. The number of ether oxygens (including phenoxy) is 1. The van der Waals surface area contributed by atoms with Gasteiger partial charge in [-0.25, -0.2) is 0 Å². The van der Waals surface area contributed by atoms with Crippen molar-refractivity contribution in [1.29, 1.82) is 0 Å². The molecule has 19 heavy (non-hydrogen) atoms. The summed E-state index contributed by atoms with van der Waals surface area (Å²) in [7, 11) is 1.46. The largest absolute Gasteiger partial charge is 0.496 e. The zero-order valence-electron chi connectivity index (χ0n) is 11.3. The molecular formula is C13H19N3O3. The molecular weight excluding hydrogens is 246 g/mol. The molecule has 0 atom stereocenters. The van der Waals surface area contributed by atoms with Crippen LogP contribution in [0.4, 0.5) is 5.69 Å². The molecule has 0 heterocycles. The van der Waals surface area contributed by atoms with Crippen LogP contribution >= 0.6 is 0 Å². The van der Waals surface area contributed by atoms with Gasteiger partial charge in [-0.2, -0.15) is 0 Å². The molecule has 1 aromatic carbocycles. The van der Waals surface area contributed by atoms with Crippen molar-refractivity contribution in [2.45, 2.75) is 19.9 Å². The highest BCUT2D eigenvalue weighted by atomic mass is 16.5. The zero-order chi connectivity index (χ0) is 14.4. The molecule has 0 unspecified atom stereocenters. The van der Waals surface area contributed by atoms with Crippen LogP contribution in [0.3, 0.4) is 0 Å². The first-order chi connectivity index (χ1) is 8.93. The number of amides is 2. The fourth-order valence-corrected chi connectivity index (χ4v) is 1.52. The maximum atomic E-state index is 11.9. The Bertz CT molecular complexity index is 472. The summed E-state index contributed by atoms with van der Waals surface area (Å²) in [4.78, 5) is 23.3. The van der Waals surface area contributed by atoms with E-state index in [2.05, 4.69) is 10.6 Å². The number of rotatable bonds is 5. The molecule has 6 heteroatoms. The van der Waals surface area contributed by atoms with Gasteiger partial charge in [-0.05, 0) is 26.0 Å². The van der Waals surface area contributed by atoms with Crippen LogP contribution in [-0.2, 0) is 4.79 Å². The molecule has 104 valence electrons. The van der Waals surface area contributed by atoms with Gasteiger partial charge >= 0.3 is 0 Å². The Hall–Kier alpha value is -2.24. The highest BCUT2D eigenvalue weighted by Gasteiger charge is 2.13. The Morgan fingerprint density at radius 2 is 2.05 bits per heavy atom. The Morgan fingerprint density at radius 1 is 1.37 bits per heavy atom. The molecule has 4 N–H and O–H groups in total. The molecule has 6 nitrogen and oxygen atoms in total. The van der Waals surface area contributed by atoms with E-state index in [1.807, 2.05) is 13.8 Å². The van der Waals surface area contributed by atoms with Crippen LogP contribution in [0.2, 0.25) is 0 Å². The van der Waals surface area contributed by atoms with E-state index in [0.29, 0.717) is 17.0 Å². The molecule has 0 aliphatic rings. The van der Waals surface area contributed by atoms with Crippen molar-refractivity contribution in [1.82, 2.24) is 10.6 Å². The molecule has 0 radical (unpaired) electrons. The third kappa shape index (κ3) is 4.50. The minimum Gasteiger partial charge on any atom is -0.496 e. The molecule has 0 fully saturated rings. The lowest BCUT2D eigenvalue weighted by molar-refractivity contribution is -0.120. The van der Waals surface area contributed by atoms with Gasteiger partial charge < -0.3 is 21.1 Å². The van der Waals surface area contributed by atoms with Gasteiger partial charge in [-0.1, -0.05) is 0 Å². The molecule has 2 amide bonds. The molecule has 0 saturated heterocycles. The minimum atomic E-state index is -0.379. The van der Waals surface area contributed by atoms with Gasteiger partial charge in [0.1, 0.15) is 5.75 Å². The van der Waals surface area contributed by atoms with Gasteiger partial charge in [0.05, 0.1) is 19.2 Å². The highest BCUT2D eigenvalue weighted by molar-refractivity contribution is 5.99. The van der Waals surface area contributed by atoms with Crippen molar-refractivity contribution in [2.24, 2.45) is 0 Å². The number of nitrogen functional groups attached to an aromatic ring is 1. The number of benzene rings is 1. The highest BCUT2D eigenvalue weighted by Crippen LogP contribution is 2.21. The van der Waals surface area contributed by atoms with E-state index in [1.54, 1.807) is 18.2 Å². The summed E-state index contributed by atoms with van der Waals surface area (Å²) < 4.78 is 5.08. The van der Waals surface area contributed by atoms with E-state index >= 15 is 0 Å². The monoisotopic (exact) mass is 265 g/mol. The first-order valence-electron chi connectivity index (χ1n) is 5.95. The zero-order valence-corrected chi connectivity index (χ0v) is 11.3. The van der Waals surface area contributed by atoms with E-state index in [-0.39, 0.29) is 24.4 Å². The molecule has 1 aromatic rings. The number of nitrogens with one attached hydrogen (secondary N) is 2. The summed E-state index contributed by atoms with van der Waals surface area (Å²) in [6, 6.07) is 4.76. The predicted molar refractivity (Wildman–Crippen MR) is 73.0 cm³/mol. The SMILES string of the molecule is COc1cc(N)ccc1C(=O)NCC(=O)NC(C)C. The maximum absolute atomic E-state index is 11.9. The lowest BCUT2D eigenvalue weighted by Crippen LogP contribution is -2.39. The lowest BCUT2D eigenvalue weighted by Gasteiger charge is -2.11. The second-order valence-corrected chi connectivity index (χ2v) is 4.36. The second kappa shape index (κ2) is 6.63. The van der Waals surface area contributed by atoms with Gasteiger partial charge in [0, 0.05) is 17.8 Å². The third-order valence-electron chi connectivity index (χ3n) is 2.33. The minimum absolute atomic E-state index is 0.0375. The van der Waals surface area contributed by atoms with E-state index < -0.39 is 0 Å². The molecule has 0 aliphatic heterocycles. The van der Waals surface area contributed by atoms with Crippen LogP contribution in [0.5, 0.6) is 5.75 Å². The number of anilines is 1. The fraction of sp³-hybridized carbons (Fsp3) is 0.385. The number of carbonyl (C=O) groups is 2. The third-order valence-corrected chi connectivity index (χ3v) is 2.33. The normalized spacial score (nSPS) is 10.1. The van der Waals surface area contributed by atoms with Crippen molar-refractivity contribution in [3.8, 4) is 5.75 Å². The number of nitrogens with two attached hydrogens (primary N) is 1. The summed E-state index contributed by atoms with van der Waals surface area (Å²) >= 11 is 0. The van der Waals surface area contributed by atoms with Crippen molar-refractivity contribution in [3.05, 3.63) is 23.8 Å². The Kier molecular flexibility index (Phi) is 5.17. The molecule has 0 saturated carbocycles. The van der Waals surface area contributed by atoms with Crippen LogP contribution < -0.4 is 21.1 Å². The molecule has 0 spiro atoms. The first kappa shape index (κ1) is 14.8. The van der Waals surface area contributed by atoms with Crippen molar-refractivity contribution < 1.29 is 14.3 Å². The number of carbonyl (C=O) groups excluding carboxylic acids is 2. The van der Waals surface area contributed by atoms with Crippen LogP contribution in [0.25, 0.3) is 0 Å². The number of methoxy groups -OCH3 is 1. The second-order valence-electron chi connectivity index (χ2n) is 4.36. The summed E-state index contributed by atoms with van der Waals surface area (Å²) in [6.07, 6.45) is 0. The van der Waals surface area contributed by atoms with Gasteiger partial charge in [0.2, 0.25) is 5.91 Å². The topological polar surface area (TPSA) is 93.4 Å². The van der Waals surface area contributed by atoms with E-state index in [9.17, 15) is 9.59 Å².